The number of hydrogen-bond acceptors (Lipinski definition) is 15. The van der Waals surface area contributed by atoms with Crippen LogP contribution in [0.4, 0.5) is 0 Å². The minimum Gasteiger partial charge on any atom is -0.396 e. The molecular formula is C79H137N11O14S. The summed E-state index contributed by atoms with van der Waals surface area (Å²) in [6, 6.07) is -6.46. The Morgan fingerprint density at radius 3 is 1.42 bits per heavy atom. The second kappa shape index (κ2) is 45.9. The van der Waals surface area contributed by atoms with E-state index in [0.717, 1.165) is 42.6 Å². The van der Waals surface area contributed by atoms with Gasteiger partial charge in [0.1, 0.15) is 66.5 Å². The van der Waals surface area contributed by atoms with E-state index in [9.17, 15) is 39.0 Å². The van der Waals surface area contributed by atoms with Gasteiger partial charge in [-0.25, -0.2) is 0 Å². The van der Waals surface area contributed by atoms with Crippen molar-refractivity contribution in [1.29, 1.82) is 0 Å². The Balaban J connectivity index is 3.02. The van der Waals surface area contributed by atoms with Crippen LogP contribution in [0.25, 0.3) is 0 Å². The number of Topliss-reactive ketones (excluding diaryl/α,β-unsaturated/α-hetero) is 1. The molecule has 13 atom stereocenters. The van der Waals surface area contributed by atoms with Crippen molar-refractivity contribution in [3.05, 3.63) is 35.4 Å². The zero-order valence-corrected chi connectivity index (χ0v) is 69.2. The maximum Gasteiger partial charge on any atom is 0.246 e. The summed E-state index contributed by atoms with van der Waals surface area (Å²) in [7, 11) is 10.1. The fourth-order valence-corrected chi connectivity index (χ4v) is 14.8. The molecule has 11 amide bonds. The highest BCUT2D eigenvalue weighted by Crippen LogP contribution is 2.28. The lowest BCUT2D eigenvalue weighted by atomic mass is 9.90. The largest absolute Gasteiger partial charge is 0.396 e. The molecule has 25 nitrogen and oxygen atoms in total. The van der Waals surface area contributed by atoms with E-state index in [1.807, 2.05) is 86.6 Å². The molecule has 6 N–H and O–H groups in total. The van der Waals surface area contributed by atoms with Gasteiger partial charge in [0.2, 0.25) is 65.0 Å². The third-order valence-electron chi connectivity index (χ3n) is 20.3. The third kappa shape index (κ3) is 28.8. The lowest BCUT2D eigenvalue weighted by Crippen LogP contribution is -2.64. The van der Waals surface area contributed by atoms with Crippen LogP contribution < -0.4 is 21.3 Å². The van der Waals surface area contributed by atoms with Crippen LogP contribution in [0.5, 0.6) is 0 Å². The monoisotopic (exact) mass is 1500 g/mol. The van der Waals surface area contributed by atoms with E-state index in [1.165, 1.54) is 104 Å². The first kappa shape index (κ1) is 94.4. The van der Waals surface area contributed by atoms with Gasteiger partial charge in [0.05, 0.1) is 6.10 Å². The summed E-state index contributed by atoms with van der Waals surface area (Å²) in [5, 5.41) is 33.5. The molecule has 0 saturated carbocycles. The molecule has 1 saturated heterocycles. The molecule has 1 aliphatic rings. The van der Waals surface area contributed by atoms with Gasteiger partial charge in [-0.05, 0) is 132 Å². The number of rotatable bonds is 29. The second-order valence-corrected chi connectivity index (χ2v) is 33.1. The number of ketones is 1. The average Bonchev–Trinajstić information content (AvgIpc) is 0.801. The summed E-state index contributed by atoms with van der Waals surface area (Å²) in [5.74, 6) is -9.43. The molecule has 2 rings (SSSR count). The van der Waals surface area contributed by atoms with Crippen LogP contribution in [0, 0.1) is 48.3 Å². The smallest absolute Gasteiger partial charge is 0.246 e. The Labute approximate surface area is 633 Å². The Morgan fingerprint density at radius 1 is 0.467 bits per heavy atom. The second-order valence-electron chi connectivity index (χ2n) is 32.0. The first-order chi connectivity index (χ1) is 49.0. The van der Waals surface area contributed by atoms with Gasteiger partial charge in [-0.15, -0.1) is 0 Å². The van der Waals surface area contributed by atoms with Gasteiger partial charge in [-0.1, -0.05) is 153 Å². The molecule has 1 fully saturated rings. The Morgan fingerprint density at radius 2 is 0.914 bits per heavy atom. The van der Waals surface area contributed by atoms with Crippen LogP contribution >= 0.6 is 11.8 Å². The number of benzene rings is 1. The number of amides is 11. The van der Waals surface area contributed by atoms with E-state index in [-0.39, 0.29) is 73.9 Å². The van der Waals surface area contributed by atoms with Crippen LogP contribution in [-0.4, -0.2) is 255 Å². The normalized spacial score (nSPS) is 24.6. The summed E-state index contributed by atoms with van der Waals surface area (Å²) in [5.41, 5.74) is 1.72. The fourth-order valence-electron chi connectivity index (χ4n) is 13.6. The molecule has 0 radical (unpaired) electrons. The number of hydrogen-bond donors (Lipinski definition) is 6. The van der Waals surface area contributed by atoms with Gasteiger partial charge in [-0.3, -0.25) is 57.5 Å². The highest BCUT2D eigenvalue weighted by Gasteiger charge is 2.47. The van der Waals surface area contributed by atoms with Crippen molar-refractivity contribution < 1.29 is 67.7 Å². The summed E-state index contributed by atoms with van der Waals surface area (Å²) < 4.78 is 0. The number of carbonyl (C=O) groups excluding carboxylic acids is 12. The molecule has 0 spiro atoms. The molecule has 0 unspecified atom stereocenters. The first-order valence-corrected chi connectivity index (χ1v) is 39.7. The van der Waals surface area contributed by atoms with Crippen molar-refractivity contribution in [2.75, 3.05) is 67.4 Å². The Bertz CT molecular complexity index is 3000. The molecular weight excluding hydrogens is 1360 g/mol. The van der Waals surface area contributed by atoms with Gasteiger partial charge < -0.3 is 65.8 Å². The number of nitrogens with one attached hydrogen (secondary N) is 4. The van der Waals surface area contributed by atoms with E-state index >= 15 is 28.8 Å². The minimum atomic E-state index is -1.66. The van der Waals surface area contributed by atoms with Crippen molar-refractivity contribution >= 4 is 82.5 Å². The van der Waals surface area contributed by atoms with Crippen molar-refractivity contribution in [3.8, 4) is 0 Å². The van der Waals surface area contributed by atoms with Crippen molar-refractivity contribution in [3.63, 3.8) is 0 Å². The number of thioether (sulfide) groups is 1. The summed E-state index contributed by atoms with van der Waals surface area (Å²) in [4.78, 5) is 187. The minimum absolute atomic E-state index is 0.0209. The average molecular weight is 1500 g/mol. The van der Waals surface area contributed by atoms with E-state index in [4.69, 9.17) is 0 Å². The molecule has 0 aliphatic carbocycles. The fraction of sp³-hybridized carbons (Fsp3) is 0.772. The van der Waals surface area contributed by atoms with Crippen molar-refractivity contribution in [2.24, 2.45) is 41.4 Å². The zero-order chi connectivity index (χ0) is 80.2. The van der Waals surface area contributed by atoms with E-state index in [2.05, 4.69) is 21.3 Å². The summed E-state index contributed by atoms with van der Waals surface area (Å²) in [6.45, 7) is 30.1. The van der Waals surface area contributed by atoms with Gasteiger partial charge in [0, 0.05) is 73.7 Å². The standard InChI is InChI=1S/C79H137N11O14S/c1-25-58-74(99)88(22)63(46-105-40-33-32-39-91)77(102)84(18)60(42-48(4)5)71(96)83-65(51(10)11)78(103)85(19)59(41-47(2)3)70(95)80-55(16)69(94)81-56(17)73(98)86(20)61(43-49(6)7)75(100)87(21)62(44-50(8)9)76(101)89(23)66(52(12)13)79(104)90(24)67(72(97)82-58)68(93)54(15)36-30-28-26-27-29-31-38-64(92)57-37-34-35-53(14)45-57/h34-35,37,45,47-52,54-56,58-63,65-68,91,93H,25-33,36,38-44,46H2,1-24H3,(H,80,95)(H,81,94)(H,82,97)(H,83,96)/t54-,55+,56-,58+,59+,60+,61+,62+,63-,65+,66+,67+,68-/m1/s1. The van der Waals surface area contributed by atoms with Gasteiger partial charge in [-0.2, -0.15) is 11.8 Å². The number of aliphatic hydroxyl groups is 2. The van der Waals surface area contributed by atoms with Crippen molar-refractivity contribution in [1.82, 2.24) is 55.6 Å². The molecule has 0 aromatic heterocycles. The lowest BCUT2D eigenvalue weighted by Gasteiger charge is -2.41. The van der Waals surface area contributed by atoms with Crippen LogP contribution in [0.15, 0.2) is 24.3 Å². The maximum absolute atomic E-state index is 15.6. The number of unbranched alkanes of at least 4 members (excludes halogenated alkanes) is 6. The number of nitrogens with zero attached hydrogens (tertiary/aromatic N) is 7. The van der Waals surface area contributed by atoms with Gasteiger partial charge >= 0.3 is 0 Å². The summed E-state index contributed by atoms with van der Waals surface area (Å²) in [6.07, 6.45) is 5.62. The van der Waals surface area contributed by atoms with Crippen LogP contribution in [0.3, 0.4) is 0 Å². The predicted molar refractivity (Wildman–Crippen MR) is 414 cm³/mol. The third-order valence-corrected chi connectivity index (χ3v) is 21.4. The van der Waals surface area contributed by atoms with Crippen LogP contribution in [0.1, 0.15) is 223 Å². The molecule has 1 aromatic carbocycles. The molecule has 105 heavy (non-hydrogen) atoms. The SMILES string of the molecule is CC[C@@H]1NC(=O)[C@H]([C@H](O)[C@H](C)CCCCCCCCC(=O)c2cccc(C)c2)N(C)C(=O)[C@H](C(C)C)N(C)C(=O)[C@H](CC(C)C)N(C)C(=O)[C@H](CC(C)C)N(C)C(=O)[C@@H](C)NC(=O)[C@H](C)NC(=O)[C@H](CC(C)C)N(C)C(=O)[C@H](C(C)C)NC(=O)[C@H](CC(C)C)N(C)C(=O)[C@@H](CSCCCCO)N(C)C1=O. The first-order valence-electron chi connectivity index (χ1n) is 38.6. The molecule has 1 heterocycles. The lowest BCUT2D eigenvalue weighted by molar-refractivity contribution is -0.157. The van der Waals surface area contributed by atoms with E-state index < -0.39 is 155 Å². The number of carbonyl (C=O) groups is 12. The predicted octanol–water partition coefficient (Wildman–Crippen LogP) is 7.49. The number of likely N-dealkylation sites (N-methyl/N-ethyl adjacent to an activating group) is 7. The Hall–Kier alpha value is -6.67. The highest BCUT2D eigenvalue weighted by molar-refractivity contribution is 7.99. The van der Waals surface area contributed by atoms with Gasteiger partial charge in [0.15, 0.2) is 5.78 Å². The van der Waals surface area contributed by atoms with Crippen LogP contribution in [-0.2, 0) is 52.7 Å². The molecule has 26 heteroatoms. The highest BCUT2D eigenvalue weighted by atomic mass is 32.2. The maximum atomic E-state index is 15.6. The van der Waals surface area contributed by atoms with Gasteiger partial charge in [0.25, 0.3) is 0 Å². The molecule has 1 aliphatic heterocycles. The molecule has 0 bridgehead atoms. The molecule has 1 aromatic rings. The van der Waals surface area contributed by atoms with Crippen molar-refractivity contribution in [2.45, 2.75) is 287 Å². The quantitative estimate of drug-likeness (QED) is 0.0334. The Kier molecular flexibility index (Phi) is 41.2. The van der Waals surface area contributed by atoms with E-state index in [0.29, 0.717) is 43.4 Å². The zero-order valence-electron chi connectivity index (χ0n) is 68.3. The van der Waals surface area contributed by atoms with E-state index in [1.54, 1.807) is 41.5 Å². The summed E-state index contributed by atoms with van der Waals surface area (Å²) >= 11 is 1.36. The topological polar surface area (TPSA) is 316 Å². The molecule has 598 valence electrons. The number of aliphatic hydroxyl groups excluding tert-OH is 2. The van der Waals surface area contributed by atoms with Crippen LogP contribution in [0.2, 0.25) is 0 Å². The number of aryl methyl sites for hydroxylation is 1.